The molecule has 2 unspecified atom stereocenters. The number of rotatable bonds is 3. The van der Waals surface area contributed by atoms with Gasteiger partial charge in [-0.1, -0.05) is 54.5 Å². The molecule has 1 amide bonds. The molecule has 0 aromatic carbocycles. The van der Waals surface area contributed by atoms with Gasteiger partial charge in [0.05, 0.1) is 11.0 Å². The zero-order valence-electron chi connectivity index (χ0n) is 25.0. The summed E-state index contributed by atoms with van der Waals surface area (Å²) in [6, 6.07) is 2.19. The van der Waals surface area contributed by atoms with E-state index in [-0.39, 0.29) is 69.5 Å². The molecule has 0 aromatic rings. The lowest BCUT2D eigenvalue weighted by molar-refractivity contribution is -0.222. The molecular formula is C33H47FN2O3. The van der Waals surface area contributed by atoms with Crippen molar-refractivity contribution in [2.24, 2.45) is 56.2 Å². The first kappa shape index (κ1) is 28.5. The number of carbonyl (C=O) groups is 3. The van der Waals surface area contributed by atoms with Crippen LogP contribution in [-0.2, 0) is 14.4 Å². The van der Waals surface area contributed by atoms with Crippen molar-refractivity contribution in [3.63, 3.8) is 0 Å². The van der Waals surface area contributed by atoms with Crippen LogP contribution in [-0.4, -0.2) is 30.7 Å². The summed E-state index contributed by atoms with van der Waals surface area (Å²) in [5.74, 6) is -0.0818. The fourth-order valence-corrected chi connectivity index (χ4v) is 11.0. The average Bonchev–Trinajstić information content (AvgIpc) is 2.86. The number of amides is 1. The lowest BCUT2D eigenvalue weighted by atomic mass is 9.31. The van der Waals surface area contributed by atoms with E-state index in [1.165, 1.54) is 0 Å². The minimum atomic E-state index is -0.652. The van der Waals surface area contributed by atoms with Crippen LogP contribution in [0.25, 0.3) is 0 Å². The van der Waals surface area contributed by atoms with Crippen LogP contribution in [0, 0.1) is 67.5 Å². The van der Waals surface area contributed by atoms with Gasteiger partial charge < -0.3 is 5.32 Å². The van der Waals surface area contributed by atoms with Crippen molar-refractivity contribution in [2.45, 2.75) is 99.8 Å². The fraction of sp³-hybridized carbons (Fsp3) is 0.818. The molecule has 0 aliphatic heterocycles. The van der Waals surface area contributed by atoms with E-state index in [1.807, 2.05) is 19.9 Å². The Balaban J connectivity index is 1.62. The minimum Gasteiger partial charge on any atom is -0.353 e. The van der Waals surface area contributed by atoms with Crippen LogP contribution in [0.1, 0.15) is 99.8 Å². The second kappa shape index (κ2) is 8.73. The molecule has 39 heavy (non-hydrogen) atoms. The summed E-state index contributed by atoms with van der Waals surface area (Å²) in [7, 11) is 0. The number of nitriles is 1. The summed E-state index contributed by atoms with van der Waals surface area (Å²) in [5, 5.41) is 12.8. The number of carbonyl (C=O) groups excluding carboxylic acids is 3. The minimum absolute atomic E-state index is 0.0220. The first-order valence-corrected chi connectivity index (χ1v) is 15.1. The van der Waals surface area contributed by atoms with Gasteiger partial charge in [-0.05, 0) is 84.4 Å². The Labute approximate surface area is 233 Å². The van der Waals surface area contributed by atoms with Gasteiger partial charge in [-0.2, -0.15) is 5.26 Å². The van der Waals surface area contributed by atoms with Gasteiger partial charge in [-0.25, -0.2) is 4.39 Å². The van der Waals surface area contributed by atoms with Crippen LogP contribution in [0.2, 0.25) is 0 Å². The summed E-state index contributed by atoms with van der Waals surface area (Å²) in [6.45, 7) is 14.8. The smallest absolute Gasteiger partial charge is 0.226 e. The predicted molar refractivity (Wildman–Crippen MR) is 148 cm³/mol. The molecule has 0 radical (unpaired) electrons. The maximum absolute atomic E-state index is 14.5. The predicted octanol–water partition coefficient (Wildman–Crippen LogP) is 6.37. The van der Waals surface area contributed by atoms with Crippen LogP contribution in [0.4, 0.5) is 4.39 Å². The van der Waals surface area contributed by atoms with Crippen molar-refractivity contribution in [3.8, 4) is 6.07 Å². The maximum Gasteiger partial charge on any atom is 0.226 e. The van der Waals surface area contributed by atoms with Gasteiger partial charge in [-0.3, -0.25) is 14.4 Å². The lowest BCUT2D eigenvalue weighted by Crippen LogP contribution is -2.69. The van der Waals surface area contributed by atoms with Gasteiger partial charge in [0.15, 0.2) is 5.78 Å². The molecule has 0 heterocycles. The highest BCUT2D eigenvalue weighted by molar-refractivity contribution is 6.04. The number of fused-ring (bicyclic) bond motifs is 7. The van der Waals surface area contributed by atoms with Crippen molar-refractivity contribution >= 4 is 17.5 Å². The Morgan fingerprint density at radius 3 is 2.31 bits per heavy atom. The van der Waals surface area contributed by atoms with Gasteiger partial charge in [-0.15, -0.1) is 0 Å². The second-order valence-corrected chi connectivity index (χ2v) is 15.8. The summed E-state index contributed by atoms with van der Waals surface area (Å²) in [4.78, 5) is 41.5. The monoisotopic (exact) mass is 538 g/mol. The molecule has 1 N–H and O–H groups in total. The normalized spacial score (nSPS) is 46.0. The third-order valence-corrected chi connectivity index (χ3v) is 13.3. The first-order valence-electron chi connectivity index (χ1n) is 15.1. The molecule has 5 aliphatic rings. The Morgan fingerprint density at radius 1 is 1.00 bits per heavy atom. The Bertz CT molecular complexity index is 1180. The van der Waals surface area contributed by atoms with E-state index >= 15 is 0 Å². The van der Waals surface area contributed by atoms with Crippen LogP contribution in [0.3, 0.4) is 0 Å². The highest BCUT2D eigenvalue weighted by Gasteiger charge is 2.72. The summed E-state index contributed by atoms with van der Waals surface area (Å²) < 4.78 is 13.1. The third-order valence-electron chi connectivity index (χ3n) is 13.3. The number of nitrogens with one attached hydrogen (secondary N) is 1. The number of nitrogens with zero attached hydrogens (tertiary/aromatic N) is 1. The molecule has 5 rings (SSSR count). The van der Waals surface area contributed by atoms with E-state index in [9.17, 15) is 24.0 Å². The lowest BCUT2D eigenvalue weighted by Gasteiger charge is -2.71. The maximum atomic E-state index is 14.5. The van der Waals surface area contributed by atoms with Crippen molar-refractivity contribution in [1.29, 1.82) is 5.26 Å². The topological polar surface area (TPSA) is 87.0 Å². The standard InChI is InChI=1S/C33H47FN2O3/c1-28(2)10-12-33(27(39)36-15-14-34)13-11-32(7)25(21(33)18-28)22(37)16-24-30(5)17-20(19-35)26(38)29(3,4)23(30)8-9-31(24,32)6/h17,21,23-25H,8-16,18H2,1-7H3,(H,36,39)/t21?,23-,24+,25?,30-,31+,32+,33-/m0/s1. The largest absolute Gasteiger partial charge is 0.353 e. The van der Waals surface area contributed by atoms with Crippen LogP contribution in [0.5, 0.6) is 0 Å². The molecule has 0 spiro atoms. The highest BCUT2D eigenvalue weighted by atomic mass is 19.1. The van der Waals surface area contributed by atoms with Crippen molar-refractivity contribution < 1.29 is 18.8 Å². The molecule has 0 aromatic heterocycles. The number of ketones is 2. The molecule has 8 atom stereocenters. The molecule has 0 saturated heterocycles. The van der Waals surface area contributed by atoms with E-state index in [0.717, 1.165) is 44.9 Å². The first-order chi connectivity index (χ1) is 18.0. The molecule has 4 fully saturated rings. The quantitative estimate of drug-likeness (QED) is 0.452. The zero-order valence-corrected chi connectivity index (χ0v) is 25.0. The highest BCUT2D eigenvalue weighted by Crippen LogP contribution is 2.75. The third kappa shape index (κ3) is 3.63. The molecule has 5 nitrogen and oxygen atoms in total. The second-order valence-electron chi connectivity index (χ2n) is 15.8. The van der Waals surface area contributed by atoms with Gasteiger partial charge in [0.1, 0.15) is 18.5 Å². The van der Waals surface area contributed by atoms with Gasteiger partial charge in [0.25, 0.3) is 0 Å². The summed E-state index contributed by atoms with van der Waals surface area (Å²) >= 11 is 0. The molecule has 4 saturated carbocycles. The van der Waals surface area contributed by atoms with Crippen LogP contribution in [0.15, 0.2) is 11.6 Å². The van der Waals surface area contributed by atoms with Crippen LogP contribution >= 0.6 is 0 Å². The van der Waals surface area contributed by atoms with Gasteiger partial charge >= 0.3 is 0 Å². The number of allylic oxidation sites excluding steroid dienone is 2. The van der Waals surface area contributed by atoms with Crippen molar-refractivity contribution in [3.05, 3.63) is 11.6 Å². The molecular weight excluding hydrogens is 491 g/mol. The molecule has 214 valence electrons. The number of halogens is 1. The van der Waals surface area contributed by atoms with Gasteiger partial charge in [0, 0.05) is 24.3 Å². The summed E-state index contributed by atoms with van der Waals surface area (Å²) in [6.07, 6.45) is 8.17. The van der Waals surface area contributed by atoms with E-state index in [0.29, 0.717) is 6.42 Å². The molecule has 0 bridgehead atoms. The average molecular weight is 539 g/mol. The zero-order chi connectivity index (χ0) is 28.8. The van der Waals surface area contributed by atoms with E-state index in [1.54, 1.807) is 0 Å². The van der Waals surface area contributed by atoms with Crippen molar-refractivity contribution in [1.82, 2.24) is 5.32 Å². The molecule has 6 heteroatoms. The Morgan fingerprint density at radius 2 is 1.67 bits per heavy atom. The van der Waals surface area contributed by atoms with E-state index in [2.05, 4.69) is 46.0 Å². The van der Waals surface area contributed by atoms with E-state index < -0.39 is 22.9 Å². The SMILES string of the molecule is CC1(C)CC[C@]2(C(=O)NCCF)CC[C@]3(C)C(C(=O)C[C@@H]4[C@@]5(C)C=C(C#N)C(=O)C(C)(C)[C@@H]5CC[C@]43C)C2C1. The van der Waals surface area contributed by atoms with Crippen molar-refractivity contribution in [2.75, 3.05) is 13.2 Å². The summed E-state index contributed by atoms with van der Waals surface area (Å²) in [5.41, 5.74) is -1.90. The Hall–Kier alpha value is -2.03. The number of Topliss-reactive ketones (excluding diaryl/α,β-unsaturated/α-hetero) is 2. The molecule has 5 aliphatic carbocycles. The Kier molecular flexibility index (Phi) is 6.38. The number of hydrogen-bond donors (Lipinski definition) is 1. The van der Waals surface area contributed by atoms with Crippen LogP contribution < -0.4 is 5.32 Å². The number of alkyl halides is 1. The van der Waals surface area contributed by atoms with E-state index in [4.69, 9.17) is 0 Å². The number of hydrogen-bond acceptors (Lipinski definition) is 4. The van der Waals surface area contributed by atoms with Gasteiger partial charge in [0.2, 0.25) is 5.91 Å². The fourth-order valence-electron chi connectivity index (χ4n) is 11.0.